The predicted molar refractivity (Wildman–Crippen MR) is 75.1 cm³/mol. The SMILES string of the molecule is CNC(C1CSC(C)C(C)S1)C(C)(C)C. The summed E-state index contributed by atoms with van der Waals surface area (Å²) in [6.07, 6.45) is 0. The summed E-state index contributed by atoms with van der Waals surface area (Å²) in [6.45, 7) is 11.7. The van der Waals surface area contributed by atoms with Crippen LogP contribution in [-0.4, -0.2) is 34.6 Å². The van der Waals surface area contributed by atoms with Gasteiger partial charge in [-0.3, -0.25) is 0 Å². The van der Waals surface area contributed by atoms with Gasteiger partial charge >= 0.3 is 0 Å². The van der Waals surface area contributed by atoms with Crippen molar-refractivity contribution < 1.29 is 0 Å². The fraction of sp³-hybridized carbons (Fsp3) is 1.00. The zero-order chi connectivity index (χ0) is 11.6. The Morgan fingerprint density at radius 2 is 1.80 bits per heavy atom. The van der Waals surface area contributed by atoms with Gasteiger partial charge in [0, 0.05) is 27.5 Å². The van der Waals surface area contributed by atoms with E-state index >= 15 is 0 Å². The lowest BCUT2D eigenvalue weighted by atomic mass is 9.85. The molecule has 0 saturated carbocycles. The van der Waals surface area contributed by atoms with E-state index in [1.165, 1.54) is 5.75 Å². The molecular formula is C12H25NS2. The smallest absolute Gasteiger partial charge is 0.0299 e. The molecule has 1 aliphatic rings. The highest BCUT2D eigenvalue weighted by Crippen LogP contribution is 2.40. The summed E-state index contributed by atoms with van der Waals surface area (Å²) in [7, 11) is 2.10. The van der Waals surface area contributed by atoms with Crippen molar-refractivity contribution >= 4 is 23.5 Å². The van der Waals surface area contributed by atoms with E-state index < -0.39 is 0 Å². The molecular weight excluding hydrogens is 222 g/mol. The van der Waals surface area contributed by atoms with Crippen molar-refractivity contribution in [1.82, 2.24) is 5.32 Å². The first-order chi connectivity index (χ1) is 6.86. The molecule has 1 fully saturated rings. The molecule has 0 aromatic heterocycles. The van der Waals surface area contributed by atoms with Gasteiger partial charge < -0.3 is 5.32 Å². The van der Waals surface area contributed by atoms with Crippen molar-refractivity contribution in [1.29, 1.82) is 0 Å². The minimum atomic E-state index is 0.354. The van der Waals surface area contributed by atoms with Gasteiger partial charge in [0.25, 0.3) is 0 Å². The van der Waals surface area contributed by atoms with E-state index in [2.05, 4.69) is 70.5 Å². The monoisotopic (exact) mass is 247 g/mol. The minimum Gasteiger partial charge on any atom is -0.315 e. The molecule has 0 bridgehead atoms. The predicted octanol–water partition coefficient (Wildman–Crippen LogP) is 3.25. The van der Waals surface area contributed by atoms with Crippen LogP contribution in [-0.2, 0) is 0 Å². The molecule has 1 N–H and O–H groups in total. The molecule has 1 rings (SSSR count). The fourth-order valence-corrected chi connectivity index (χ4v) is 5.57. The zero-order valence-electron chi connectivity index (χ0n) is 10.8. The summed E-state index contributed by atoms with van der Waals surface area (Å²) in [5.41, 5.74) is 0.354. The molecule has 1 nitrogen and oxygen atoms in total. The first-order valence-corrected chi connectivity index (χ1v) is 7.79. The second-order valence-corrected chi connectivity index (χ2v) is 8.58. The summed E-state index contributed by atoms with van der Waals surface area (Å²) in [6, 6.07) is 0.616. The maximum absolute atomic E-state index is 3.51. The van der Waals surface area contributed by atoms with Crippen LogP contribution in [0.3, 0.4) is 0 Å². The highest BCUT2D eigenvalue weighted by atomic mass is 32.2. The number of hydrogen-bond donors (Lipinski definition) is 1. The molecule has 0 aromatic carbocycles. The lowest BCUT2D eigenvalue weighted by Crippen LogP contribution is -2.49. The average Bonchev–Trinajstić information content (AvgIpc) is 2.10. The molecule has 1 aliphatic heterocycles. The van der Waals surface area contributed by atoms with Crippen LogP contribution >= 0.6 is 23.5 Å². The van der Waals surface area contributed by atoms with Gasteiger partial charge in [-0.2, -0.15) is 23.5 Å². The Balaban J connectivity index is 2.63. The Hall–Kier alpha value is 0.660. The van der Waals surface area contributed by atoms with Crippen LogP contribution < -0.4 is 5.32 Å². The van der Waals surface area contributed by atoms with Gasteiger partial charge in [-0.1, -0.05) is 34.6 Å². The molecule has 0 aliphatic carbocycles. The maximum atomic E-state index is 3.51. The third-order valence-corrected chi connectivity index (χ3v) is 6.68. The second kappa shape index (κ2) is 5.33. The highest BCUT2D eigenvalue weighted by Gasteiger charge is 2.36. The normalized spacial score (nSPS) is 35.2. The summed E-state index contributed by atoms with van der Waals surface area (Å²) >= 11 is 4.30. The summed E-state index contributed by atoms with van der Waals surface area (Å²) < 4.78 is 0. The Morgan fingerprint density at radius 3 is 2.20 bits per heavy atom. The van der Waals surface area contributed by atoms with Crippen molar-refractivity contribution in [2.45, 2.75) is 56.4 Å². The topological polar surface area (TPSA) is 12.0 Å². The van der Waals surface area contributed by atoms with Crippen molar-refractivity contribution in [2.24, 2.45) is 5.41 Å². The Morgan fingerprint density at radius 1 is 1.20 bits per heavy atom. The quantitative estimate of drug-likeness (QED) is 0.804. The zero-order valence-corrected chi connectivity index (χ0v) is 12.5. The Bertz CT molecular complexity index is 200. The Kier molecular flexibility index (Phi) is 4.87. The van der Waals surface area contributed by atoms with Gasteiger partial charge in [-0.05, 0) is 12.5 Å². The summed E-state index contributed by atoms with van der Waals surface area (Å²) in [5.74, 6) is 1.29. The van der Waals surface area contributed by atoms with E-state index in [0.717, 1.165) is 15.7 Å². The highest BCUT2D eigenvalue weighted by molar-refractivity contribution is 8.07. The standard InChI is InChI=1S/C12H25NS2/c1-8-9(2)15-10(7-14-8)11(13-6)12(3,4)5/h8-11,13H,7H2,1-6H3. The van der Waals surface area contributed by atoms with Crippen molar-refractivity contribution in [3.05, 3.63) is 0 Å². The lowest BCUT2D eigenvalue weighted by molar-refractivity contribution is 0.281. The van der Waals surface area contributed by atoms with Crippen LogP contribution in [0.4, 0.5) is 0 Å². The third-order valence-electron chi connectivity index (χ3n) is 3.19. The molecule has 1 heterocycles. The molecule has 0 spiro atoms. The number of thioether (sulfide) groups is 2. The van der Waals surface area contributed by atoms with Gasteiger partial charge in [0.05, 0.1) is 0 Å². The largest absolute Gasteiger partial charge is 0.315 e. The van der Waals surface area contributed by atoms with Crippen LogP contribution in [0.5, 0.6) is 0 Å². The summed E-state index contributed by atoms with van der Waals surface area (Å²) in [4.78, 5) is 0. The van der Waals surface area contributed by atoms with E-state index in [0.29, 0.717) is 11.5 Å². The number of rotatable bonds is 2. The van der Waals surface area contributed by atoms with E-state index in [1.54, 1.807) is 0 Å². The van der Waals surface area contributed by atoms with Gasteiger partial charge in [-0.15, -0.1) is 0 Å². The van der Waals surface area contributed by atoms with E-state index in [9.17, 15) is 0 Å². The van der Waals surface area contributed by atoms with Crippen LogP contribution in [0.2, 0.25) is 0 Å². The molecule has 4 atom stereocenters. The molecule has 0 amide bonds. The van der Waals surface area contributed by atoms with Gasteiger partial charge in [0.1, 0.15) is 0 Å². The molecule has 3 heteroatoms. The lowest BCUT2D eigenvalue weighted by Gasteiger charge is -2.41. The van der Waals surface area contributed by atoms with Gasteiger partial charge in [-0.25, -0.2) is 0 Å². The first kappa shape index (κ1) is 13.7. The van der Waals surface area contributed by atoms with Crippen LogP contribution in [0.25, 0.3) is 0 Å². The van der Waals surface area contributed by atoms with E-state index in [1.807, 2.05) is 0 Å². The molecule has 4 unspecified atom stereocenters. The van der Waals surface area contributed by atoms with Crippen molar-refractivity contribution in [3.63, 3.8) is 0 Å². The number of hydrogen-bond acceptors (Lipinski definition) is 3. The minimum absolute atomic E-state index is 0.354. The van der Waals surface area contributed by atoms with Crippen LogP contribution in [0, 0.1) is 5.41 Å². The number of nitrogens with one attached hydrogen (secondary N) is 1. The second-order valence-electron chi connectivity index (χ2n) is 5.55. The van der Waals surface area contributed by atoms with Crippen molar-refractivity contribution in [3.8, 4) is 0 Å². The molecule has 0 aromatic rings. The van der Waals surface area contributed by atoms with Gasteiger partial charge in [0.15, 0.2) is 0 Å². The Labute approximate surface area is 104 Å². The fourth-order valence-electron chi connectivity index (χ4n) is 2.16. The maximum Gasteiger partial charge on any atom is 0.0299 e. The van der Waals surface area contributed by atoms with E-state index in [-0.39, 0.29) is 0 Å². The van der Waals surface area contributed by atoms with Crippen molar-refractivity contribution in [2.75, 3.05) is 12.8 Å². The molecule has 0 radical (unpaired) electrons. The first-order valence-electron chi connectivity index (χ1n) is 5.80. The summed E-state index contributed by atoms with van der Waals surface area (Å²) in [5, 5.41) is 5.86. The molecule has 1 saturated heterocycles. The molecule has 90 valence electrons. The van der Waals surface area contributed by atoms with E-state index in [4.69, 9.17) is 0 Å². The average molecular weight is 247 g/mol. The molecule has 15 heavy (non-hydrogen) atoms. The van der Waals surface area contributed by atoms with Crippen LogP contribution in [0.1, 0.15) is 34.6 Å². The third kappa shape index (κ3) is 3.57. The van der Waals surface area contributed by atoms with Gasteiger partial charge in [0.2, 0.25) is 0 Å². The van der Waals surface area contributed by atoms with Crippen LogP contribution in [0.15, 0.2) is 0 Å².